The molecule has 0 amide bonds. The summed E-state index contributed by atoms with van der Waals surface area (Å²) in [5.74, 6) is 0.521. The van der Waals surface area contributed by atoms with E-state index in [2.05, 4.69) is 9.98 Å². The van der Waals surface area contributed by atoms with Crippen LogP contribution in [0.3, 0.4) is 0 Å². The summed E-state index contributed by atoms with van der Waals surface area (Å²) in [5, 5.41) is 0. The van der Waals surface area contributed by atoms with Gasteiger partial charge in [-0.15, -0.1) is 0 Å². The second-order valence-corrected chi connectivity index (χ2v) is 4.43. The molecule has 0 spiro atoms. The van der Waals surface area contributed by atoms with Crippen molar-refractivity contribution in [3.63, 3.8) is 0 Å². The number of halogens is 1. The minimum absolute atomic E-state index is 0.325. The van der Waals surface area contributed by atoms with Crippen molar-refractivity contribution in [2.24, 2.45) is 10.7 Å². The third-order valence-corrected chi connectivity index (χ3v) is 2.75. The van der Waals surface area contributed by atoms with Crippen molar-refractivity contribution in [1.29, 1.82) is 0 Å². The Kier molecular flexibility index (Phi) is 2.95. The first kappa shape index (κ1) is 12.3. The van der Waals surface area contributed by atoms with Gasteiger partial charge in [-0.2, -0.15) is 0 Å². The summed E-state index contributed by atoms with van der Waals surface area (Å²) >= 11 is 0. The standard InChI is InChI=1S/C15H12FN3O/c1-9(17)18-12-5-6-13-14(8-12)20-15(19-13)10-3-2-4-11(16)7-10/h2-8H,1H3,(H2,17,18). The van der Waals surface area contributed by atoms with E-state index in [0.29, 0.717) is 34.1 Å². The van der Waals surface area contributed by atoms with Crippen LogP contribution in [0.5, 0.6) is 0 Å². The zero-order valence-corrected chi connectivity index (χ0v) is 10.8. The lowest BCUT2D eigenvalue weighted by molar-refractivity contribution is 0.611. The lowest BCUT2D eigenvalue weighted by Crippen LogP contribution is -2.03. The van der Waals surface area contributed by atoms with Crippen molar-refractivity contribution in [3.8, 4) is 11.5 Å². The number of oxazole rings is 1. The van der Waals surface area contributed by atoms with Crippen molar-refractivity contribution in [2.45, 2.75) is 6.92 Å². The van der Waals surface area contributed by atoms with Crippen LogP contribution in [0.15, 0.2) is 51.9 Å². The third-order valence-electron chi connectivity index (χ3n) is 2.75. The predicted molar refractivity (Wildman–Crippen MR) is 76.4 cm³/mol. The zero-order valence-electron chi connectivity index (χ0n) is 10.8. The molecule has 0 atom stereocenters. The molecule has 0 saturated carbocycles. The molecule has 0 saturated heterocycles. The molecule has 1 heterocycles. The Labute approximate surface area is 114 Å². The maximum Gasteiger partial charge on any atom is 0.227 e. The highest BCUT2D eigenvalue weighted by Gasteiger charge is 2.09. The van der Waals surface area contributed by atoms with Crippen LogP contribution < -0.4 is 5.73 Å². The van der Waals surface area contributed by atoms with Gasteiger partial charge in [-0.05, 0) is 37.3 Å². The fourth-order valence-electron chi connectivity index (χ4n) is 1.93. The fraction of sp³-hybridized carbons (Fsp3) is 0.0667. The monoisotopic (exact) mass is 269 g/mol. The van der Waals surface area contributed by atoms with Crippen molar-refractivity contribution in [2.75, 3.05) is 0 Å². The minimum atomic E-state index is -0.325. The van der Waals surface area contributed by atoms with Gasteiger partial charge in [0, 0.05) is 11.6 Å². The smallest absolute Gasteiger partial charge is 0.227 e. The number of benzene rings is 2. The molecule has 3 rings (SSSR count). The predicted octanol–water partition coefficient (Wildman–Crippen LogP) is 3.64. The minimum Gasteiger partial charge on any atom is -0.436 e. The van der Waals surface area contributed by atoms with Crippen LogP contribution in [-0.4, -0.2) is 10.8 Å². The Balaban J connectivity index is 2.09. The number of aromatic nitrogens is 1. The summed E-state index contributed by atoms with van der Waals surface area (Å²) < 4.78 is 18.9. The molecule has 100 valence electrons. The number of hydrogen-bond acceptors (Lipinski definition) is 3. The summed E-state index contributed by atoms with van der Waals surface area (Å²) in [6, 6.07) is 11.5. The Morgan fingerprint density at radius 1 is 1.25 bits per heavy atom. The van der Waals surface area contributed by atoms with Gasteiger partial charge >= 0.3 is 0 Å². The van der Waals surface area contributed by atoms with Crippen LogP contribution in [0.4, 0.5) is 10.1 Å². The first-order valence-corrected chi connectivity index (χ1v) is 6.09. The lowest BCUT2D eigenvalue weighted by Gasteiger charge is -1.94. The van der Waals surface area contributed by atoms with Gasteiger partial charge in [0.1, 0.15) is 11.3 Å². The number of nitrogens with zero attached hydrogens (tertiary/aromatic N) is 2. The van der Waals surface area contributed by atoms with Gasteiger partial charge in [0.25, 0.3) is 0 Å². The zero-order chi connectivity index (χ0) is 14.1. The Morgan fingerprint density at radius 3 is 2.85 bits per heavy atom. The summed E-state index contributed by atoms with van der Waals surface area (Å²) in [7, 11) is 0. The highest BCUT2D eigenvalue weighted by atomic mass is 19.1. The Hall–Kier alpha value is -2.69. The van der Waals surface area contributed by atoms with E-state index in [1.54, 1.807) is 37.3 Å². The molecular weight excluding hydrogens is 257 g/mol. The van der Waals surface area contributed by atoms with Crippen LogP contribution in [-0.2, 0) is 0 Å². The van der Waals surface area contributed by atoms with Gasteiger partial charge in [0.15, 0.2) is 5.58 Å². The van der Waals surface area contributed by atoms with E-state index in [9.17, 15) is 4.39 Å². The molecule has 20 heavy (non-hydrogen) atoms. The summed E-state index contributed by atoms with van der Waals surface area (Å²) in [6.07, 6.45) is 0. The van der Waals surface area contributed by atoms with Crippen LogP contribution in [0.25, 0.3) is 22.6 Å². The Bertz CT molecular complexity index is 804. The molecule has 0 aliphatic rings. The molecule has 0 aliphatic heterocycles. The SMILES string of the molecule is CC(N)=Nc1ccc2nc(-c3cccc(F)c3)oc2c1. The second-order valence-electron chi connectivity index (χ2n) is 4.43. The van der Waals surface area contributed by atoms with Gasteiger partial charge in [-0.1, -0.05) is 6.07 Å². The molecule has 0 aliphatic carbocycles. The van der Waals surface area contributed by atoms with Crippen molar-refractivity contribution in [1.82, 2.24) is 4.98 Å². The first-order chi connectivity index (χ1) is 9.61. The van der Waals surface area contributed by atoms with Gasteiger partial charge < -0.3 is 10.2 Å². The van der Waals surface area contributed by atoms with Gasteiger partial charge in [-0.25, -0.2) is 14.4 Å². The molecule has 0 unspecified atom stereocenters. The van der Waals surface area contributed by atoms with E-state index in [0.717, 1.165) is 0 Å². The summed E-state index contributed by atoms with van der Waals surface area (Å²) in [4.78, 5) is 8.48. The second kappa shape index (κ2) is 4.77. The molecule has 2 aromatic carbocycles. The highest BCUT2D eigenvalue weighted by molar-refractivity contribution is 5.84. The maximum atomic E-state index is 13.2. The molecule has 4 nitrogen and oxygen atoms in total. The lowest BCUT2D eigenvalue weighted by atomic mass is 10.2. The molecule has 2 N–H and O–H groups in total. The number of aliphatic imine (C=N–C) groups is 1. The number of nitrogens with two attached hydrogens (primary N) is 1. The van der Waals surface area contributed by atoms with Crippen LogP contribution in [0.2, 0.25) is 0 Å². The van der Waals surface area contributed by atoms with Crippen LogP contribution in [0.1, 0.15) is 6.92 Å². The third kappa shape index (κ3) is 2.38. The fourth-order valence-corrected chi connectivity index (χ4v) is 1.93. The van der Waals surface area contributed by atoms with Crippen molar-refractivity contribution < 1.29 is 8.81 Å². The molecule has 1 aromatic heterocycles. The quantitative estimate of drug-likeness (QED) is 0.570. The molecular formula is C15H12FN3O. The van der Waals surface area contributed by atoms with Gasteiger partial charge in [0.2, 0.25) is 5.89 Å². The molecule has 5 heteroatoms. The van der Waals surface area contributed by atoms with Gasteiger partial charge in [-0.3, -0.25) is 0 Å². The van der Waals surface area contributed by atoms with E-state index in [4.69, 9.17) is 10.2 Å². The van der Waals surface area contributed by atoms with Gasteiger partial charge in [0.05, 0.1) is 11.5 Å². The molecule has 3 aromatic rings. The van der Waals surface area contributed by atoms with E-state index in [1.165, 1.54) is 12.1 Å². The van der Waals surface area contributed by atoms with E-state index in [-0.39, 0.29) is 5.82 Å². The molecule has 0 radical (unpaired) electrons. The first-order valence-electron chi connectivity index (χ1n) is 6.09. The number of amidine groups is 1. The van der Waals surface area contributed by atoms with E-state index >= 15 is 0 Å². The van der Waals surface area contributed by atoms with E-state index in [1.807, 2.05) is 0 Å². The number of hydrogen-bond donors (Lipinski definition) is 1. The normalized spacial score (nSPS) is 12.0. The number of rotatable bonds is 2. The Morgan fingerprint density at radius 2 is 2.10 bits per heavy atom. The largest absolute Gasteiger partial charge is 0.436 e. The molecule has 0 fully saturated rings. The topological polar surface area (TPSA) is 64.4 Å². The van der Waals surface area contributed by atoms with Crippen molar-refractivity contribution in [3.05, 3.63) is 48.3 Å². The average molecular weight is 269 g/mol. The average Bonchev–Trinajstić information content (AvgIpc) is 2.81. The van der Waals surface area contributed by atoms with Crippen molar-refractivity contribution >= 4 is 22.6 Å². The van der Waals surface area contributed by atoms with Crippen LogP contribution >= 0.6 is 0 Å². The number of fused-ring (bicyclic) bond motifs is 1. The summed E-state index contributed by atoms with van der Waals surface area (Å²) in [5.41, 5.74) is 8.12. The highest BCUT2D eigenvalue weighted by Crippen LogP contribution is 2.27. The maximum absolute atomic E-state index is 13.2. The van der Waals surface area contributed by atoms with Crippen LogP contribution in [0, 0.1) is 5.82 Å². The summed E-state index contributed by atoms with van der Waals surface area (Å²) in [6.45, 7) is 1.71. The van der Waals surface area contributed by atoms with E-state index < -0.39 is 0 Å². The molecule has 0 bridgehead atoms.